The Labute approximate surface area is 487 Å². The van der Waals surface area contributed by atoms with Gasteiger partial charge in [-0.25, -0.2) is 4.98 Å². The molecule has 0 atom stereocenters. The molecule has 0 fully saturated rings. The Hall–Kier alpha value is -8.31. The molecular formula is C72H58N4O2Pt-2. The number of para-hydroxylation sites is 2. The molecule has 0 saturated heterocycles. The van der Waals surface area contributed by atoms with Crippen LogP contribution in [0.5, 0.6) is 11.5 Å². The summed E-state index contributed by atoms with van der Waals surface area (Å²) < 4.78 is 96.0. The maximum absolute atomic E-state index is 10.0. The fraction of sp³-hybridized carbons (Fsp3) is 0.167. The van der Waals surface area contributed by atoms with E-state index < -0.39 is 47.1 Å². The van der Waals surface area contributed by atoms with Crippen LogP contribution in [0.4, 0.5) is 0 Å². The van der Waals surface area contributed by atoms with Crippen LogP contribution in [0, 0.1) is 18.5 Å². The number of pyridine rings is 1. The number of fused-ring (bicyclic) bond motifs is 13. The van der Waals surface area contributed by atoms with Gasteiger partial charge < -0.3 is 18.3 Å². The van der Waals surface area contributed by atoms with Crippen LogP contribution >= 0.6 is 0 Å². The van der Waals surface area contributed by atoms with Crippen LogP contribution in [0.1, 0.15) is 90.0 Å². The zero-order valence-electron chi connectivity index (χ0n) is 53.2. The summed E-state index contributed by atoms with van der Waals surface area (Å²) in [5.74, 6) is 1.59. The van der Waals surface area contributed by atoms with Crippen LogP contribution in [0.2, 0.25) is 0 Å². The third-order valence-corrected chi connectivity index (χ3v) is 15.3. The van der Waals surface area contributed by atoms with Gasteiger partial charge in [-0.2, -0.15) is 18.2 Å². The summed E-state index contributed by atoms with van der Waals surface area (Å²) in [4.78, 5) is 4.88. The Balaban J connectivity index is 0.00000700. The molecule has 6 nitrogen and oxygen atoms in total. The molecule has 0 radical (unpaired) electrons. The number of hydrogen-bond acceptors (Lipinski definition) is 3. The van der Waals surface area contributed by atoms with Crippen LogP contribution in [0.3, 0.4) is 0 Å². The summed E-state index contributed by atoms with van der Waals surface area (Å²) in [5, 5.41) is 3.83. The minimum absolute atomic E-state index is 0. The van der Waals surface area contributed by atoms with Crippen LogP contribution in [0.15, 0.2) is 192 Å². The van der Waals surface area contributed by atoms with E-state index in [2.05, 4.69) is 128 Å². The molecule has 0 N–H and O–H groups in total. The van der Waals surface area contributed by atoms with E-state index in [0.29, 0.717) is 56.2 Å². The maximum atomic E-state index is 10.0. The van der Waals surface area contributed by atoms with Gasteiger partial charge in [0.15, 0.2) is 0 Å². The molecule has 14 rings (SSSR count). The Bertz CT molecular complexity index is 5100. The first-order chi connectivity index (χ1) is 40.9. The number of aromatic nitrogens is 4. The monoisotopic (exact) mass is 1210 g/mol. The molecule has 5 heterocycles. The number of imidazole rings is 1. The molecule has 1 aliphatic heterocycles. The normalized spacial score (nSPS) is 13.9. The van der Waals surface area contributed by atoms with Gasteiger partial charge in [-0.1, -0.05) is 177 Å². The van der Waals surface area contributed by atoms with Crippen molar-refractivity contribution in [3.8, 4) is 73.2 Å². The van der Waals surface area contributed by atoms with Gasteiger partial charge in [0.05, 0.1) is 27.7 Å². The Morgan fingerprint density at radius 2 is 1.14 bits per heavy atom. The number of benzene rings is 9. The van der Waals surface area contributed by atoms with Gasteiger partial charge in [-0.15, -0.1) is 29.7 Å². The van der Waals surface area contributed by atoms with E-state index in [0.717, 1.165) is 66.2 Å². The first-order valence-electron chi connectivity index (χ1n) is 30.4. The van der Waals surface area contributed by atoms with E-state index in [4.69, 9.17) is 14.1 Å². The summed E-state index contributed by atoms with van der Waals surface area (Å²) in [7, 11) is 0. The van der Waals surface area contributed by atoms with Gasteiger partial charge >= 0.3 is 0 Å². The first kappa shape index (κ1) is 41.7. The summed E-state index contributed by atoms with van der Waals surface area (Å²) in [6.45, 7) is 19.1. The van der Waals surface area contributed by atoms with Crippen molar-refractivity contribution in [1.29, 1.82) is 0 Å². The number of ether oxygens (including phenoxy) is 1. The van der Waals surface area contributed by atoms with Crippen molar-refractivity contribution in [2.24, 2.45) is 0 Å². The van der Waals surface area contributed by atoms with Crippen LogP contribution in [-0.4, -0.2) is 14.1 Å². The average molecular weight is 1210 g/mol. The van der Waals surface area contributed by atoms with Crippen LogP contribution in [0.25, 0.3) is 116 Å². The minimum atomic E-state index is -0.543. The standard InChI is InChI=1S/C72H58N4O2.Pt/c1-70(2,3)45-33-34-73-67(40-45)76-62-27-16-14-25-55(62)56-31-30-50(42-63(56)76)77-49-20-18-19-48(41-49)74-43-75-68-58(44-29-32-66-59(35-44)57-26-15-17-28-65(57)78-66)36-46(71(4,5)6)37-60(68)53-23-12-10-21-51(53)52-22-11-13-24-54(52)61-38-47(72(7,8)9)39-64(74)69(61)75;/h10-40H,1-9H3;/q-2;/i10D,11D,12D,13D,21D,22D,23D,24D;. The van der Waals surface area contributed by atoms with E-state index in [1.165, 1.54) is 0 Å². The second kappa shape index (κ2) is 18.4. The van der Waals surface area contributed by atoms with Crippen molar-refractivity contribution in [2.75, 3.05) is 0 Å². The number of furan rings is 1. The van der Waals surface area contributed by atoms with E-state index in [9.17, 15) is 11.0 Å². The quantitative estimate of drug-likeness (QED) is 0.127. The van der Waals surface area contributed by atoms with E-state index in [-0.39, 0.29) is 60.8 Å². The first-order valence-corrected chi connectivity index (χ1v) is 26.4. The van der Waals surface area contributed by atoms with Crippen LogP contribution < -0.4 is 9.30 Å². The summed E-state index contributed by atoms with van der Waals surface area (Å²) in [5.41, 5.74) is 9.31. The molecule has 13 aromatic rings. The SMILES string of the molecule is [2H]c1c([2H])c([2H])c2c(c1[2H])-c1cc(C(C)(C)C)cc(-c3ccc4oc5ccccc5c4c3)c1-[n+]1[c-]n(-c3[c-]c(Oc4[c-]c5c(cc4)c4ccccc4n5-c4cc(C(C)(C)C)ccn4)ccc3)c3cc(C(C)(C)C)cc(c31)-c1c([2H])c([2H])c([2H])c([2H])c1-2.[Pt]. The zero-order chi connectivity index (χ0) is 60.4. The van der Waals surface area contributed by atoms with Crippen molar-refractivity contribution in [3.63, 3.8) is 0 Å². The van der Waals surface area contributed by atoms with Gasteiger partial charge in [0.2, 0.25) is 0 Å². The Morgan fingerprint density at radius 3 is 1.87 bits per heavy atom. The molecule has 0 saturated carbocycles. The maximum Gasteiger partial charge on any atom is 0.268 e. The van der Waals surface area contributed by atoms with Gasteiger partial charge in [0, 0.05) is 55.1 Å². The van der Waals surface area contributed by atoms with E-state index in [1.54, 1.807) is 0 Å². The molecule has 0 amide bonds. The molecular weight excluding hydrogens is 1150 g/mol. The largest absolute Gasteiger partial charge is 0.510 e. The molecule has 9 aromatic carbocycles. The predicted octanol–water partition coefficient (Wildman–Crippen LogP) is 18.4. The van der Waals surface area contributed by atoms with Gasteiger partial charge in [-0.05, 0) is 131 Å². The van der Waals surface area contributed by atoms with Crippen LogP contribution in [-0.2, 0) is 37.3 Å². The molecule has 0 unspecified atom stereocenters. The molecule has 79 heavy (non-hydrogen) atoms. The zero-order valence-corrected chi connectivity index (χ0v) is 47.5. The Kier molecular flexibility index (Phi) is 9.72. The van der Waals surface area contributed by atoms with Crippen molar-refractivity contribution in [3.05, 3.63) is 223 Å². The fourth-order valence-corrected chi connectivity index (χ4v) is 11.1. The van der Waals surface area contributed by atoms with Crippen molar-refractivity contribution >= 4 is 54.8 Å². The molecule has 0 spiro atoms. The van der Waals surface area contributed by atoms with Crippen molar-refractivity contribution in [1.82, 2.24) is 14.1 Å². The third-order valence-electron chi connectivity index (χ3n) is 15.3. The molecule has 390 valence electrons. The number of nitrogens with zero attached hydrogens (tertiary/aromatic N) is 4. The third kappa shape index (κ3) is 8.34. The average Bonchev–Trinajstić information content (AvgIpc) is 1.66. The smallest absolute Gasteiger partial charge is 0.268 e. The fourth-order valence-electron chi connectivity index (χ4n) is 11.1. The van der Waals surface area contributed by atoms with Crippen molar-refractivity contribution < 1.29 is 45.8 Å². The minimum Gasteiger partial charge on any atom is -0.510 e. The summed E-state index contributed by atoms with van der Waals surface area (Å²) in [6.07, 6.45) is 5.64. The molecule has 7 heteroatoms. The van der Waals surface area contributed by atoms with E-state index in [1.807, 2.05) is 106 Å². The second-order valence-electron chi connectivity index (χ2n) is 23.5. The topological polar surface area (TPSA) is 49.0 Å². The molecule has 1 aliphatic rings. The number of rotatable bonds is 5. The molecule has 0 aliphatic carbocycles. The summed E-state index contributed by atoms with van der Waals surface area (Å²) >= 11 is 0. The molecule has 0 bridgehead atoms. The number of hydrogen-bond donors (Lipinski definition) is 0. The van der Waals surface area contributed by atoms with Gasteiger partial charge in [0.25, 0.3) is 6.33 Å². The second-order valence-corrected chi connectivity index (χ2v) is 23.5. The Morgan fingerprint density at radius 1 is 0.519 bits per heavy atom. The molecule has 4 aromatic heterocycles. The van der Waals surface area contributed by atoms with Crippen molar-refractivity contribution in [2.45, 2.75) is 78.6 Å². The van der Waals surface area contributed by atoms with Gasteiger partial charge in [0.1, 0.15) is 17.0 Å². The predicted molar refractivity (Wildman–Crippen MR) is 319 cm³/mol. The summed E-state index contributed by atoms with van der Waals surface area (Å²) in [6, 6.07) is 47.6. The van der Waals surface area contributed by atoms with Gasteiger partial charge in [-0.3, -0.25) is 4.57 Å². The van der Waals surface area contributed by atoms with E-state index >= 15 is 0 Å².